The number of hydrogen-bond donors (Lipinski definition) is 1. The normalized spacial score (nSPS) is 15.0. The minimum Gasteiger partial charge on any atom is -0.393 e. The Morgan fingerprint density at radius 2 is 1.89 bits per heavy atom. The van der Waals surface area contributed by atoms with Gasteiger partial charge in [-0.3, -0.25) is 0 Å². The van der Waals surface area contributed by atoms with Crippen molar-refractivity contribution in [2.45, 2.75) is 32.3 Å². The Morgan fingerprint density at radius 1 is 1.21 bits per heavy atom. The average molecular weight is 261 g/mol. The molecule has 1 aromatic rings. The van der Waals surface area contributed by atoms with E-state index in [-0.39, 0.29) is 12.0 Å². The van der Waals surface area contributed by atoms with Gasteiger partial charge in [0.25, 0.3) is 0 Å². The molecular weight excluding hydrogens is 234 g/mol. The summed E-state index contributed by atoms with van der Waals surface area (Å²) in [7, 11) is 4.15. The van der Waals surface area contributed by atoms with Gasteiger partial charge in [-0.15, -0.1) is 0 Å². The minimum atomic E-state index is -0.254. The van der Waals surface area contributed by atoms with Crippen molar-refractivity contribution in [3.63, 3.8) is 0 Å². The Kier molecular flexibility index (Phi) is 7.46. The van der Waals surface area contributed by atoms with E-state index in [0.717, 1.165) is 25.8 Å². The van der Waals surface area contributed by atoms with Crippen LogP contribution in [0.2, 0.25) is 0 Å². The van der Waals surface area contributed by atoms with Gasteiger partial charge in [-0.25, -0.2) is 0 Å². The molecule has 0 spiro atoms. The van der Waals surface area contributed by atoms with Gasteiger partial charge in [-0.1, -0.05) is 49.4 Å². The van der Waals surface area contributed by atoms with Crippen molar-refractivity contribution in [2.24, 2.45) is 5.92 Å². The minimum absolute atomic E-state index is 0.228. The van der Waals surface area contributed by atoms with E-state index in [1.165, 1.54) is 5.56 Å². The lowest BCUT2D eigenvalue weighted by molar-refractivity contribution is 0.128. The zero-order valence-corrected chi connectivity index (χ0v) is 12.4. The molecule has 0 bridgehead atoms. The fraction of sp³-hybridized carbons (Fsp3) is 0.529. The van der Waals surface area contributed by atoms with Crippen molar-refractivity contribution in [1.82, 2.24) is 4.90 Å². The summed E-state index contributed by atoms with van der Waals surface area (Å²) in [6.45, 7) is 3.14. The lowest BCUT2D eigenvalue weighted by Crippen LogP contribution is -2.17. The predicted molar refractivity (Wildman–Crippen MR) is 82.2 cm³/mol. The summed E-state index contributed by atoms with van der Waals surface area (Å²) in [5.74, 6) is 0.228. The molecule has 0 aliphatic rings. The average Bonchev–Trinajstić information content (AvgIpc) is 2.41. The first-order valence-electron chi connectivity index (χ1n) is 7.13. The van der Waals surface area contributed by atoms with Gasteiger partial charge in [0.2, 0.25) is 0 Å². The zero-order chi connectivity index (χ0) is 14.1. The van der Waals surface area contributed by atoms with Crippen LogP contribution in [-0.4, -0.2) is 36.8 Å². The van der Waals surface area contributed by atoms with Gasteiger partial charge in [-0.2, -0.15) is 0 Å². The molecule has 1 N–H and O–H groups in total. The van der Waals surface area contributed by atoms with E-state index in [1.54, 1.807) is 0 Å². The van der Waals surface area contributed by atoms with Crippen molar-refractivity contribution in [1.29, 1.82) is 0 Å². The molecule has 2 atom stereocenters. The standard InChI is InChI=1S/C17H27NO/c1-15(9-7-8-14-18(2)3)17(19)13-12-16-10-5-4-6-11-16/h4-7,9-11,15,17,19H,8,12-14H2,1-3H3/b9-7+/t15-,17+/m0/s1. The highest BCUT2D eigenvalue weighted by Gasteiger charge is 2.10. The molecule has 2 heteroatoms. The number of rotatable bonds is 8. The van der Waals surface area contributed by atoms with Crippen LogP contribution >= 0.6 is 0 Å². The highest BCUT2D eigenvalue weighted by Crippen LogP contribution is 2.13. The van der Waals surface area contributed by atoms with E-state index < -0.39 is 0 Å². The SMILES string of the molecule is C[C@@H](/C=C/CCN(C)C)[C@H](O)CCc1ccccc1. The molecule has 2 nitrogen and oxygen atoms in total. The van der Waals surface area contributed by atoms with Crippen LogP contribution in [0.5, 0.6) is 0 Å². The highest BCUT2D eigenvalue weighted by atomic mass is 16.3. The molecule has 19 heavy (non-hydrogen) atoms. The van der Waals surface area contributed by atoms with Gasteiger partial charge < -0.3 is 10.0 Å². The summed E-state index contributed by atoms with van der Waals surface area (Å²) in [6.07, 6.45) is 6.87. The van der Waals surface area contributed by atoms with Crippen LogP contribution in [0.15, 0.2) is 42.5 Å². The Labute approximate surface area is 117 Å². The summed E-state index contributed by atoms with van der Waals surface area (Å²) in [5.41, 5.74) is 1.30. The molecule has 1 rings (SSSR count). The van der Waals surface area contributed by atoms with E-state index >= 15 is 0 Å². The fourth-order valence-corrected chi connectivity index (χ4v) is 1.99. The molecule has 0 amide bonds. The number of aliphatic hydroxyl groups is 1. The van der Waals surface area contributed by atoms with Crippen LogP contribution in [0, 0.1) is 5.92 Å². The molecule has 0 fully saturated rings. The van der Waals surface area contributed by atoms with Crippen molar-refractivity contribution in [3.05, 3.63) is 48.0 Å². The van der Waals surface area contributed by atoms with Crippen LogP contribution in [0.25, 0.3) is 0 Å². The van der Waals surface area contributed by atoms with E-state index in [9.17, 15) is 5.11 Å². The number of benzene rings is 1. The molecule has 0 heterocycles. The molecule has 0 aliphatic carbocycles. The third-order valence-corrected chi connectivity index (χ3v) is 3.36. The maximum atomic E-state index is 10.1. The lowest BCUT2D eigenvalue weighted by atomic mass is 9.97. The molecular formula is C17H27NO. The Morgan fingerprint density at radius 3 is 2.53 bits per heavy atom. The Bertz CT molecular complexity index is 359. The van der Waals surface area contributed by atoms with Crippen LogP contribution in [0.4, 0.5) is 0 Å². The van der Waals surface area contributed by atoms with E-state index in [2.05, 4.69) is 50.2 Å². The van der Waals surface area contributed by atoms with Gasteiger partial charge in [0.15, 0.2) is 0 Å². The highest BCUT2D eigenvalue weighted by molar-refractivity contribution is 5.14. The van der Waals surface area contributed by atoms with Gasteiger partial charge >= 0.3 is 0 Å². The second kappa shape index (κ2) is 8.89. The van der Waals surface area contributed by atoms with Crippen molar-refractivity contribution in [3.8, 4) is 0 Å². The number of aryl methyl sites for hydroxylation is 1. The van der Waals surface area contributed by atoms with Gasteiger partial charge in [0, 0.05) is 6.54 Å². The number of nitrogens with zero attached hydrogens (tertiary/aromatic N) is 1. The molecule has 106 valence electrons. The second-order valence-electron chi connectivity index (χ2n) is 5.47. The third-order valence-electron chi connectivity index (χ3n) is 3.36. The first kappa shape index (κ1) is 15.9. The molecule has 0 saturated heterocycles. The Balaban J connectivity index is 2.26. The molecule has 0 radical (unpaired) electrons. The van der Waals surface area contributed by atoms with Crippen LogP contribution < -0.4 is 0 Å². The first-order valence-corrected chi connectivity index (χ1v) is 7.13. The van der Waals surface area contributed by atoms with E-state index in [1.807, 2.05) is 18.2 Å². The van der Waals surface area contributed by atoms with Gasteiger partial charge in [0.05, 0.1) is 6.10 Å². The lowest BCUT2D eigenvalue weighted by Gasteiger charge is -2.15. The summed E-state index contributed by atoms with van der Waals surface area (Å²) >= 11 is 0. The number of hydrogen-bond acceptors (Lipinski definition) is 2. The van der Waals surface area contributed by atoms with Crippen molar-refractivity contribution >= 4 is 0 Å². The zero-order valence-electron chi connectivity index (χ0n) is 12.4. The molecule has 1 aromatic carbocycles. The van der Waals surface area contributed by atoms with Crippen molar-refractivity contribution in [2.75, 3.05) is 20.6 Å². The maximum Gasteiger partial charge on any atom is 0.0603 e. The maximum absolute atomic E-state index is 10.1. The quantitative estimate of drug-likeness (QED) is 0.727. The fourth-order valence-electron chi connectivity index (χ4n) is 1.99. The summed E-state index contributed by atoms with van der Waals surface area (Å²) in [6, 6.07) is 10.4. The smallest absolute Gasteiger partial charge is 0.0603 e. The molecule has 0 saturated carbocycles. The van der Waals surface area contributed by atoms with Gasteiger partial charge in [-0.05, 0) is 44.8 Å². The molecule has 0 aromatic heterocycles. The second-order valence-corrected chi connectivity index (χ2v) is 5.47. The topological polar surface area (TPSA) is 23.5 Å². The van der Waals surface area contributed by atoms with Crippen molar-refractivity contribution < 1.29 is 5.11 Å². The first-order chi connectivity index (χ1) is 9.09. The molecule has 0 unspecified atom stereocenters. The Hall–Kier alpha value is -1.12. The van der Waals surface area contributed by atoms with Crippen LogP contribution in [-0.2, 0) is 6.42 Å². The number of aliphatic hydroxyl groups excluding tert-OH is 1. The van der Waals surface area contributed by atoms with E-state index in [0.29, 0.717) is 0 Å². The van der Waals surface area contributed by atoms with E-state index in [4.69, 9.17) is 0 Å². The largest absolute Gasteiger partial charge is 0.393 e. The van der Waals surface area contributed by atoms with Crippen LogP contribution in [0.3, 0.4) is 0 Å². The third kappa shape index (κ3) is 7.14. The summed E-state index contributed by atoms with van der Waals surface area (Å²) < 4.78 is 0. The van der Waals surface area contributed by atoms with Gasteiger partial charge in [0.1, 0.15) is 0 Å². The predicted octanol–water partition coefficient (Wildman–Crippen LogP) is 3.12. The summed E-state index contributed by atoms with van der Waals surface area (Å²) in [5, 5.41) is 10.1. The van der Waals surface area contributed by atoms with Crippen LogP contribution in [0.1, 0.15) is 25.3 Å². The summed E-state index contributed by atoms with van der Waals surface area (Å²) in [4.78, 5) is 2.17. The monoisotopic (exact) mass is 261 g/mol. The molecule has 0 aliphatic heterocycles.